The molecule has 84 valence electrons. The van der Waals surface area contributed by atoms with Crippen LogP contribution in [0, 0.1) is 0 Å². The molecule has 0 aliphatic heterocycles. The maximum Gasteiger partial charge on any atom is 0.313 e. The Balaban J connectivity index is 2.32. The van der Waals surface area contributed by atoms with Gasteiger partial charge >= 0.3 is 5.97 Å². The first-order chi connectivity index (χ1) is 7.72. The molecule has 1 N–H and O–H groups in total. The molecule has 0 amide bonds. The van der Waals surface area contributed by atoms with Crippen LogP contribution in [0.3, 0.4) is 0 Å². The van der Waals surface area contributed by atoms with E-state index in [1.165, 1.54) is 7.11 Å². The van der Waals surface area contributed by atoms with E-state index in [1.807, 2.05) is 18.2 Å². The quantitative estimate of drug-likeness (QED) is 0.791. The first-order valence-electron chi connectivity index (χ1n) is 4.82. The first-order valence-corrected chi connectivity index (χ1v) is 4.82. The zero-order valence-electron chi connectivity index (χ0n) is 9.11. The van der Waals surface area contributed by atoms with E-state index in [-0.39, 0.29) is 12.4 Å². The second-order valence-corrected chi connectivity index (χ2v) is 3.32. The van der Waals surface area contributed by atoms with Crippen molar-refractivity contribution in [2.75, 3.05) is 14.2 Å². The van der Waals surface area contributed by atoms with Gasteiger partial charge < -0.3 is 14.5 Å². The van der Waals surface area contributed by atoms with E-state index in [1.54, 1.807) is 7.11 Å². The number of methoxy groups -OCH3 is 2. The number of esters is 1. The van der Waals surface area contributed by atoms with Gasteiger partial charge in [-0.05, 0) is 12.1 Å². The minimum absolute atomic E-state index is 0.146. The van der Waals surface area contributed by atoms with Gasteiger partial charge in [0.05, 0.1) is 25.3 Å². The molecular weight excluding hydrogens is 208 g/mol. The van der Waals surface area contributed by atoms with Crippen LogP contribution in [-0.4, -0.2) is 30.2 Å². The minimum Gasteiger partial charge on any atom is -0.497 e. The van der Waals surface area contributed by atoms with Crippen molar-refractivity contribution in [2.24, 2.45) is 0 Å². The molecular formula is C11H12N2O3. The number of ether oxygens (including phenoxy) is 2. The van der Waals surface area contributed by atoms with Crippen LogP contribution in [0.15, 0.2) is 18.2 Å². The topological polar surface area (TPSA) is 64.2 Å². The average molecular weight is 220 g/mol. The number of fused-ring (bicyclic) bond motifs is 1. The molecule has 0 radical (unpaired) electrons. The molecule has 0 aliphatic carbocycles. The van der Waals surface area contributed by atoms with Crippen LogP contribution in [0.2, 0.25) is 0 Å². The van der Waals surface area contributed by atoms with Gasteiger partial charge in [-0.2, -0.15) is 0 Å². The summed E-state index contributed by atoms with van der Waals surface area (Å²) in [4.78, 5) is 18.4. The van der Waals surface area contributed by atoms with Gasteiger partial charge in [0, 0.05) is 6.07 Å². The van der Waals surface area contributed by atoms with Crippen LogP contribution < -0.4 is 4.74 Å². The largest absolute Gasteiger partial charge is 0.497 e. The number of nitrogens with zero attached hydrogens (tertiary/aromatic N) is 1. The van der Waals surface area contributed by atoms with E-state index in [0.29, 0.717) is 5.82 Å². The van der Waals surface area contributed by atoms with Gasteiger partial charge in [0.15, 0.2) is 0 Å². The predicted molar refractivity (Wildman–Crippen MR) is 58.4 cm³/mol. The number of hydrogen-bond donors (Lipinski definition) is 1. The lowest BCUT2D eigenvalue weighted by Gasteiger charge is -1.96. The van der Waals surface area contributed by atoms with Crippen LogP contribution in [0.1, 0.15) is 5.82 Å². The summed E-state index contributed by atoms with van der Waals surface area (Å²) in [5.41, 5.74) is 1.65. The molecule has 0 unspecified atom stereocenters. The minimum atomic E-state index is -0.314. The van der Waals surface area contributed by atoms with Gasteiger partial charge in [-0.25, -0.2) is 4.98 Å². The molecule has 5 heteroatoms. The van der Waals surface area contributed by atoms with Crippen LogP contribution in [0.5, 0.6) is 5.75 Å². The average Bonchev–Trinajstić information content (AvgIpc) is 2.69. The Kier molecular flexibility index (Phi) is 2.76. The highest BCUT2D eigenvalue weighted by atomic mass is 16.5. The van der Waals surface area contributed by atoms with Gasteiger partial charge in [0.25, 0.3) is 0 Å². The molecule has 0 atom stereocenters. The number of imidazole rings is 1. The lowest BCUT2D eigenvalue weighted by Crippen LogP contribution is -2.05. The summed E-state index contributed by atoms with van der Waals surface area (Å²) < 4.78 is 9.67. The highest BCUT2D eigenvalue weighted by Crippen LogP contribution is 2.18. The lowest BCUT2D eigenvalue weighted by atomic mass is 10.3. The highest BCUT2D eigenvalue weighted by Gasteiger charge is 2.08. The van der Waals surface area contributed by atoms with Crippen molar-refractivity contribution in [3.8, 4) is 5.75 Å². The van der Waals surface area contributed by atoms with Gasteiger partial charge in [-0.3, -0.25) is 4.79 Å². The van der Waals surface area contributed by atoms with Gasteiger partial charge in [-0.1, -0.05) is 0 Å². The first kappa shape index (κ1) is 10.5. The third-order valence-corrected chi connectivity index (χ3v) is 2.28. The second-order valence-electron chi connectivity index (χ2n) is 3.32. The maximum absolute atomic E-state index is 11.1. The molecule has 0 fully saturated rings. The van der Waals surface area contributed by atoms with E-state index >= 15 is 0 Å². The summed E-state index contributed by atoms with van der Waals surface area (Å²) in [6, 6.07) is 5.50. The monoisotopic (exact) mass is 220 g/mol. The van der Waals surface area contributed by atoms with Crippen molar-refractivity contribution < 1.29 is 14.3 Å². The number of rotatable bonds is 3. The Bertz CT molecular complexity index is 519. The molecule has 5 nitrogen and oxygen atoms in total. The Morgan fingerprint density at radius 1 is 1.44 bits per heavy atom. The van der Waals surface area contributed by atoms with Gasteiger partial charge in [0.2, 0.25) is 0 Å². The van der Waals surface area contributed by atoms with Crippen LogP contribution in [0.4, 0.5) is 0 Å². The van der Waals surface area contributed by atoms with E-state index in [2.05, 4.69) is 14.7 Å². The van der Waals surface area contributed by atoms with Crippen LogP contribution >= 0.6 is 0 Å². The molecule has 0 bridgehead atoms. The fourth-order valence-electron chi connectivity index (χ4n) is 1.46. The standard InChI is InChI=1S/C11H12N2O3/c1-15-7-3-4-8-9(5-7)13-10(12-8)6-11(14)16-2/h3-5H,6H2,1-2H3,(H,12,13). The Morgan fingerprint density at radius 3 is 2.94 bits per heavy atom. The Hall–Kier alpha value is -2.04. The van der Waals surface area contributed by atoms with Gasteiger partial charge in [0.1, 0.15) is 18.0 Å². The molecule has 0 saturated heterocycles. The zero-order chi connectivity index (χ0) is 11.5. The van der Waals surface area contributed by atoms with Crippen molar-refractivity contribution in [1.29, 1.82) is 0 Å². The molecule has 0 spiro atoms. The van der Waals surface area contributed by atoms with E-state index in [0.717, 1.165) is 16.8 Å². The highest BCUT2D eigenvalue weighted by molar-refractivity contribution is 5.78. The SMILES string of the molecule is COC(=O)Cc1nc2ccc(OC)cc2[nH]1. The number of carbonyl (C=O) groups excluding carboxylic acids is 1. The third kappa shape index (κ3) is 1.98. The number of nitrogens with one attached hydrogen (secondary N) is 1. The molecule has 1 aromatic heterocycles. The fraction of sp³-hybridized carbons (Fsp3) is 0.273. The Labute approximate surface area is 92.4 Å². The molecule has 1 aromatic carbocycles. The van der Waals surface area contributed by atoms with Gasteiger partial charge in [-0.15, -0.1) is 0 Å². The summed E-state index contributed by atoms with van der Waals surface area (Å²) >= 11 is 0. The van der Waals surface area contributed by atoms with E-state index < -0.39 is 0 Å². The Morgan fingerprint density at radius 2 is 2.25 bits per heavy atom. The number of aromatic amines is 1. The second kappa shape index (κ2) is 4.22. The molecule has 1 heterocycles. The molecule has 0 aliphatic rings. The third-order valence-electron chi connectivity index (χ3n) is 2.28. The molecule has 2 aromatic rings. The van der Waals surface area contributed by atoms with Crippen molar-refractivity contribution in [1.82, 2.24) is 9.97 Å². The molecule has 0 saturated carbocycles. The van der Waals surface area contributed by atoms with E-state index in [4.69, 9.17) is 4.74 Å². The smallest absolute Gasteiger partial charge is 0.313 e. The molecule has 16 heavy (non-hydrogen) atoms. The predicted octanol–water partition coefficient (Wildman–Crippen LogP) is 1.29. The number of H-pyrrole nitrogens is 1. The summed E-state index contributed by atoms with van der Waals surface area (Å²) in [7, 11) is 2.96. The number of aromatic nitrogens is 2. The molecule has 2 rings (SSSR count). The summed E-state index contributed by atoms with van der Waals surface area (Å²) in [5, 5.41) is 0. The fourth-order valence-corrected chi connectivity index (χ4v) is 1.46. The summed E-state index contributed by atoms with van der Waals surface area (Å²) in [6.07, 6.45) is 0.146. The van der Waals surface area contributed by atoms with Crippen LogP contribution in [0.25, 0.3) is 11.0 Å². The normalized spacial score (nSPS) is 10.4. The van der Waals surface area contributed by atoms with Crippen molar-refractivity contribution in [3.63, 3.8) is 0 Å². The number of hydrogen-bond acceptors (Lipinski definition) is 4. The lowest BCUT2D eigenvalue weighted by molar-refractivity contribution is -0.139. The summed E-state index contributed by atoms with van der Waals surface area (Å²) in [6.45, 7) is 0. The van der Waals surface area contributed by atoms with Crippen molar-refractivity contribution >= 4 is 17.0 Å². The number of carbonyl (C=O) groups is 1. The van der Waals surface area contributed by atoms with Crippen molar-refractivity contribution in [3.05, 3.63) is 24.0 Å². The maximum atomic E-state index is 11.1. The van der Waals surface area contributed by atoms with Crippen LogP contribution in [-0.2, 0) is 16.0 Å². The summed E-state index contributed by atoms with van der Waals surface area (Å²) in [5.74, 6) is 1.03. The van der Waals surface area contributed by atoms with Crippen molar-refractivity contribution in [2.45, 2.75) is 6.42 Å². The van der Waals surface area contributed by atoms with E-state index in [9.17, 15) is 4.79 Å². The zero-order valence-corrected chi connectivity index (χ0v) is 9.11. The number of benzene rings is 1.